The van der Waals surface area contributed by atoms with Crippen LogP contribution in [0, 0.1) is 0 Å². The van der Waals surface area contributed by atoms with E-state index >= 15 is 0 Å². The van der Waals surface area contributed by atoms with E-state index in [0.29, 0.717) is 38.8 Å². The van der Waals surface area contributed by atoms with Crippen LogP contribution in [-0.2, 0) is 42.9 Å². The van der Waals surface area contributed by atoms with Crippen molar-refractivity contribution in [2.24, 2.45) is 0 Å². The van der Waals surface area contributed by atoms with Gasteiger partial charge in [0.25, 0.3) is 5.91 Å². The maximum absolute atomic E-state index is 14.3. The number of benzene rings is 2. The lowest BCUT2D eigenvalue weighted by atomic mass is 9.83. The molecular weight excluding hydrogens is 707 g/mol. The van der Waals surface area contributed by atoms with Crippen molar-refractivity contribution >= 4 is 82.4 Å². The second-order valence-corrected chi connectivity index (χ2v) is 14.9. The highest BCUT2D eigenvalue weighted by Crippen LogP contribution is 2.71. The lowest BCUT2D eigenvalue weighted by Gasteiger charge is -2.50. The predicted molar refractivity (Wildman–Crippen MR) is 191 cm³/mol. The van der Waals surface area contributed by atoms with Gasteiger partial charge in [0.05, 0.1) is 59.5 Å². The molecule has 2 aromatic carbocycles. The first-order chi connectivity index (χ1) is 23.8. The number of carbonyl (C=O) groups excluding carboxylic acids is 5. The summed E-state index contributed by atoms with van der Waals surface area (Å²) in [5.41, 5.74) is 0.837. The monoisotopic (exact) mass is 739 g/mol. The van der Waals surface area contributed by atoms with Crippen molar-refractivity contribution in [2.75, 3.05) is 47.6 Å². The number of ether oxygens (including phenoxy) is 6. The Morgan fingerprint density at radius 3 is 1.82 bits per heavy atom. The number of methoxy groups -OCH3 is 6. The summed E-state index contributed by atoms with van der Waals surface area (Å²) < 4.78 is 29.5. The fraction of sp³-hybridized carbons (Fsp3) is 0.286. The van der Waals surface area contributed by atoms with Gasteiger partial charge in [0, 0.05) is 22.1 Å². The van der Waals surface area contributed by atoms with E-state index in [4.69, 9.17) is 28.4 Å². The number of rotatable bonds is 8. The van der Waals surface area contributed by atoms with Crippen LogP contribution >= 0.6 is 35.3 Å². The number of hydrogen-bond acceptors (Lipinski definition) is 14. The molecule has 0 aromatic heterocycles. The number of thioether (sulfide) groups is 3. The van der Waals surface area contributed by atoms with Gasteiger partial charge in [0.15, 0.2) is 11.5 Å². The topological polar surface area (TPSA) is 144 Å². The normalized spacial score (nSPS) is 17.3. The van der Waals surface area contributed by atoms with Gasteiger partial charge in [-0.2, -0.15) is 0 Å². The minimum atomic E-state index is -1.66. The van der Waals surface area contributed by atoms with Gasteiger partial charge in [-0.05, 0) is 43.7 Å². The number of fused-ring (bicyclic) bond motifs is 3. The molecule has 0 atom stereocenters. The molecule has 0 fully saturated rings. The molecule has 50 heavy (non-hydrogen) atoms. The maximum atomic E-state index is 14.3. The van der Waals surface area contributed by atoms with E-state index in [2.05, 4.69) is 0 Å². The summed E-state index contributed by atoms with van der Waals surface area (Å²) in [4.78, 5) is 69.7. The Balaban J connectivity index is 1.76. The molecule has 0 N–H and O–H groups in total. The zero-order valence-corrected chi connectivity index (χ0v) is 30.8. The third-order valence-electron chi connectivity index (χ3n) is 8.09. The lowest BCUT2D eigenvalue weighted by molar-refractivity contribution is -0.138. The van der Waals surface area contributed by atoms with Gasteiger partial charge in [-0.1, -0.05) is 59.6 Å². The van der Waals surface area contributed by atoms with Crippen LogP contribution in [0.1, 0.15) is 25.0 Å². The third kappa shape index (κ3) is 5.96. The summed E-state index contributed by atoms with van der Waals surface area (Å²) in [6.07, 6.45) is 3.08. The van der Waals surface area contributed by atoms with E-state index in [-0.39, 0.29) is 20.3 Å². The molecule has 1 amide bonds. The average molecular weight is 740 g/mol. The first-order valence-corrected chi connectivity index (χ1v) is 17.3. The van der Waals surface area contributed by atoms with E-state index in [0.717, 1.165) is 56.6 Å². The summed E-state index contributed by atoms with van der Waals surface area (Å²) in [6.45, 7) is 3.61. The standard InChI is InChI=1S/C35H33NO11S3/c1-34(2)29-24(19-11-9-10-12-20(19)36(34)23(37)16-14-18-13-15-21(42-3)22(17-18)43-4)35(25(30(38)44-5)26(48-29)31(39)45-6)49-27(32(40)46-7)28(50-35)33(41)47-8/h9-17H,1-8H3/b16-14-. The first-order valence-electron chi connectivity index (χ1n) is 14.8. The fourth-order valence-electron chi connectivity index (χ4n) is 5.86. The van der Waals surface area contributed by atoms with Crippen LogP contribution in [0.15, 0.2) is 73.7 Å². The van der Waals surface area contributed by atoms with E-state index in [1.54, 1.807) is 67.3 Å². The van der Waals surface area contributed by atoms with Gasteiger partial charge >= 0.3 is 23.9 Å². The zero-order valence-electron chi connectivity index (χ0n) is 28.4. The van der Waals surface area contributed by atoms with Crippen molar-refractivity contribution in [2.45, 2.75) is 23.5 Å². The molecule has 0 unspecified atom stereocenters. The van der Waals surface area contributed by atoms with Gasteiger partial charge in [-0.3, -0.25) is 9.69 Å². The lowest BCUT2D eigenvalue weighted by Crippen LogP contribution is -2.53. The van der Waals surface area contributed by atoms with E-state index < -0.39 is 39.4 Å². The van der Waals surface area contributed by atoms with Crippen molar-refractivity contribution in [1.29, 1.82) is 0 Å². The fourth-order valence-corrected chi connectivity index (χ4v) is 10.9. The molecule has 0 saturated heterocycles. The van der Waals surface area contributed by atoms with E-state index in [1.165, 1.54) is 27.4 Å². The molecule has 3 heterocycles. The molecule has 262 valence electrons. The minimum absolute atomic E-state index is 0.125. The Hall–Kier alpha value is -4.60. The third-order valence-corrected chi connectivity index (χ3v) is 12.7. The summed E-state index contributed by atoms with van der Waals surface area (Å²) in [5, 5.41) is 0. The van der Waals surface area contributed by atoms with Crippen molar-refractivity contribution in [3.63, 3.8) is 0 Å². The second kappa shape index (κ2) is 14.3. The Morgan fingerprint density at radius 2 is 1.26 bits per heavy atom. The van der Waals surface area contributed by atoms with Gasteiger partial charge in [0.2, 0.25) is 0 Å². The van der Waals surface area contributed by atoms with Crippen molar-refractivity contribution < 1.29 is 52.4 Å². The Morgan fingerprint density at radius 1 is 0.700 bits per heavy atom. The minimum Gasteiger partial charge on any atom is -0.493 e. The van der Waals surface area contributed by atoms with Gasteiger partial charge in [0.1, 0.15) is 18.8 Å². The van der Waals surface area contributed by atoms with Crippen LogP contribution in [0.25, 0.3) is 11.6 Å². The molecule has 3 aliphatic rings. The number of anilines is 1. The number of amides is 1. The molecule has 0 saturated carbocycles. The van der Waals surface area contributed by atoms with E-state index in [9.17, 15) is 24.0 Å². The highest BCUT2D eigenvalue weighted by atomic mass is 32.2. The summed E-state index contributed by atoms with van der Waals surface area (Å²) >= 11 is 2.70. The van der Waals surface area contributed by atoms with Gasteiger partial charge in [-0.25, -0.2) is 19.2 Å². The Kier molecular flexibility index (Phi) is 10.5. The average Bonchev–Trinajstić information content (AvgIpc) is 3.52. The van der Waals surface area contributed by atoms with Crippen LogP contribution in [0.4, 0.5) is 5.69 Å². The molecule has 0 bridgehead atoms. The highest BCUT2D eigenvalue weighted by molar-refractivity contribution is 8.26. The number of hydrogen-bond donors (Lipinski definition) is 0. The molecular formula is C35H33NO11S3. The van der Waals surface area contributed by atoms with E-state index in [1.807, 2.05) is 0 Å². The Labute approximate surface area is 301 Å². The molecule has 3 aliphatic heterocycles. The SMILES string of the molecule is COC(=O)C1=C(C(=O)OC)SC2(S1)C(C(=O)OC)=C(C(=O)OC)SC1=C2c2ccccc2N(C(=O)/C=C\c2ccc(OC)c(OC)c2)C1(C)C. The van der Waals surface area contributed by atoms with Crippen molar-refractivity contribution in [3.8, 4) is 11.5 Å². The molecule has 1 spiro atoms. The smallest absolute Gasteiger partial charge is 0.345 e. The number of carbonyl (C=O) groups is 5. The first kappa shape index (κ1) is 36.7. The quantitative estimate of drug-likeness (QED) is 0.195. The van der Waals surface area contributed by atoms with Crippen molar-refractivity contribution in [3.05, 3.63) is 84.9 Å². The van der Waals surface area contributed by atoms with Crippen LogP contribution in [0.2, 0.25) is 0 Å². The summed E-state index contributed by atoms with van der Waals surface area (Å²) in [7, 11) is 7.71. The van der Waals surface area contributed by atoms with Gasteiger partial charge < -0.3 is 28.4 Å². The molecule has 0 radical (unpaired) electrons. The second-order valence-electron chi connectivity index (χ2n) is 11.2. The molecule has 2 aromatic rings. The zero-order chi connectivity index (χ0) is 36.5. The number of para-hydroxylation sites is 1. The predicted octanol–water partition coefficient (Wildman–Crippen LogP) is 5.33. The van der Waals surface area contributed by atoms with Crippen LogP contribution in [0.3, 0.4) is 0 Å². The molecule has 12 nitrogen and oxygen atoms in total. The van der Waals surface area contributed by atoms with Crippen LogP contribution < -0.4 is 14.4 Å². The summed E-state index contributed by atoms with van der Waals surface area (Å²) in [5.74, 6) is -2.79. The molecule has 0 aliphatic carbocycles. The number of nitrogens with zero attached hydrogens (tertiary/aromatic N) is 1. The molecule has 15 heteroatoms. The molecule has 5 rings (SSSR count). The Bertz CT molecular complexity index is 1910. The highest BCUT2D eigenvalue weighted by Gasteiger charge is 2.61. The summed E-state index contributed by atoms with van der Waals surface area (Å²) in [6, 6.07) is 12.3. The maximum Gasteiger partial charge on any atom is 0.345 e. The van der Waals surface area contributed by atoms with Crippen LogP contribution in [-0.4, -0.2) is 82.1 Å². The van der Waals surface area contributed by atoms with Crippen molar-refractivity contribution in [1.82, 2.24) is 0 Å². The van der Waals surface area contributed by atoms with Crippen LogP contribution in [0.5, 0.6) is 11.5 Å². The van der Waals surface area contributed by atoms with Gasteiger partial charge in [-0.15, -0.1) is 0 Å². The largest absolute Gasteiger partial charge is 0.493 e. The number of esters is 4.